The van der Waals surface area contributed by atoms with E-state index in [1.54, 1.807) is 0 Å². The topological polar surface area (TPSA) is 40.5 Å². The van der Waals surface area contributed by atoms with Gasteiger partial charge in [0.15, 0.2) is 0 Å². The molecular formula is C25H40F2O2. The Hall–Kier alpha value is -1.00. The third kappa shape index (κ3) is 5.38. The zero-order valence-corrected chi connectivity index (χ0v) is 18.6. The van der Waals surface area contributed by atoms with Crippen LogP contribution in [-0.2, 0) is 0 Å². The Labute approximate surface area is 175 Å². The van der Waals surface area contributed by atoms with Gasteiger partial charge in [-0.15, -0.1) is 0 Å². The quantitative estimate of drug-likeness (QED) is 0.523. The maximum Gasteiger partial charge on any atom is 0.238 e. The molecule has 0 aliphatic heterocycles. The first-order valence-electron chi connectivity index (χ1n) is 11.4. The molecule has 3 aliphatic rings. The van der Waals surface area contributed by atoms with Crippen molar-refractivity contribution >= 4 is 0 Å². The first-order valence-corrected chi connectivity index (χ1v) is 11.4. The molecule has 3 rings (SSSR count). The molecule has 29 heavy (non-hydrogen) atoms. The molecule has 0 saturated heterocycles. The van der Waals surface area contributed by atoms with Crippen LogP contribution in [0.1, 0.15) is 79.1 Å². The predicted octanol–water partition coefficient (Wildman–Crippen LogP) is 6.44. The second kappa shape index (κ2) is 10.3. The van der Waals surface area contributed by atoms with Gasteiger partial charge in [0.25, 0.3) is 0 Å². The molecule has 3 fully saturated rings. The minimum atomic E-state index is -2.22. The van der Waals surface area contributed by atoms with Gasteiger partial charge in [-0.1, -0.05) is 57.6 Å². The lowest BCUT2D eigenvalue weighted by Crippen LogP contribution is -2.36. The first-order chi connectivity index (χ1) is 13.7. The zero-order chi connectivity index (χ0) is 21.8. The van der Waals surface area contributed by atoms with Crippen molar-refractivity contribution in [3.63, 3.8) is 0 Å². The van der Waals surface area contributed by atoms with Crippen LogP contribution in [0.3, 0.4) is 0 Å². The Balaban J connectivity index is 0.00000145. The van der Waals surface area contributed by atoms with E-state index in [-0.39, 0.29) is 17.8 Å². The van der Waals surface area contributed by atoms with E-state index < -0.39 is 18.6 Å². The molecule has 2 unspecified atom stereocenters. The van der Waals surface area contributed by atoms with Crippen LogP contribution >= 0.6 is 0 Å². The van der Waals surface area contributed by atoms with E-state index in [9.17, 15) is 19.0 Å². The fraction of sp³-hybridized carbons (Fsp3) is 0.760. The zero-order valence-electron chi connectivity index (χ0n) is 18.6. The number of halogens is 2. The van der Waals surface area contributed by atoms with Gasteiger partial charge in [0, 0.05) is 6.42 Å². The minimum absolute atomic E-state index is 0.00966. The van der Waals surface area contributed by atoms with Gasteiger partial charge in [0.05, 0.1) is 12.2 Å². The number of aliphatic hydroxyl groups is 2. The van der Waals surface area contributed by atoms with Crippen LogP contribution in [0.25, 0.3) is 0 Å². The molecule has 0 aromatic carbocycles. The molecule has 4 heteroatoms. The largest absolute Gasteiger partial charge is 0.388 e. The number of aliphatic hydroxyl groups excluding tert-OH is 2. The van der Waals surface area contributed by atoms with Gasteiger partial charge < -0.3 is 10.2 Å². The first kappa shape index (κ1) is 24.3. The third-order valence-corrected chi connectivity index (χ3v) is 7.57. The number of fused-ring (bicyclic) bond motifs is 1. The van der Waals surface area contributed by atoms with E-state index >= 15 is 0 Å². The number of rotatable bonds is 4. The van der Waals surface area contributed by atoms with Gasteiger partial charge in [-0.25, -0.2) is 8.78 Å². The lowest BCUT2D eigenvalue weighted by molar-refractivity contribution is 0.0522. The highest BCUT2D eigenvalue weighted by molar-refractivity contribution is 5.29. The maximum absolute atomic E-state index is 12.9. The van der Waals surface area contributed by atoms with E-state index in [4.69, 9.17) is 0 Å². The van der Waals surface area contributed by atoms with Crippen LogP contribution in [0.15, 0.2) is 35.5 Å². The summed E-state index contributed by atoms with van der Waals surface area (Å²) < 4.78 is 25.8. The van der Waals surface area contributed by atoms with Gasteiger partial charge in [0.1, 0.15) is 0 Å². The molecule has 3 aliphatic carbocycles. The van der Waals surface area contributed by atoms with Crippen molar-refractivity contribution in [3.8, 4) is 0 Å². The molecular weight excluding hydrogens is 370 g/mol. The fourth-order valence-electron chi connectivity index (χ4n) is 6.08. The number of allylic oxidation sites excluding steroid dienone is 3. The Bertz CT molecular complexity index is 608. The van der Waals surface area contributed by atoms with Crippen molar-refractivity contribution in [2.45, 2.75) is 97.7 Å². The molecule has 0 spiro atoms. The van der Waals surface area contributed by atoms with E-state index in [1.807, 2.05) is 20.8 Å². The molecule has 6 atom stereocenters. The normalized spacial score (nSPS) is 38.7. The second-order valence-electron chi connectivity index (χ2n) is 9.28. The maximum atomic E-state index is 12.9. The van der Waals surface area contributed by atoms with Crippen molar-refractivity contribution in [2.75, 3.05) is 0 Å². The molecule has 0 bridgehead atoms. The standard InChI is InChI=1S/C23H34F2O2.C2H6/c1-14(11-22(24)25)18-8-9-19-17(5-4-10-23(18,19)3)7-6-16-12-20(26)15(2)21(27)13-16;1-2/h6-7,14,18-22,26-27H,2,4-5,8-13H2,1,3H3;1-2H3/b16-6?,17-7+;/t14-,18-,19+,20-,21?,23?;/m1./s1. The molecule has 2 nitrogen and oxygen atoms in total. The molecule has 0 amide bonds. The van der Waals surface area contributed by atoms with Gasteiger partial charge in [-0.05, 0) is 73.7 Å². The van der Waals surface area contributed by atoms with Gasteiger partial charge in [0.2, 0.25) is 6.43 Å². The van der Waals surface area contributed by atoms with Gasteiger partial charge >= 0.3 is 0 Å². The average Bonchev–Trinajstić information content (AvgIpc) is 3.03. The Morgan fingerprint density at radius 2 is 1.76 bits per heavy atom. The van der Waals surface area contributed by atoms with Crippen molar-refractivity contribution in [2.24, 2.45) is 23.2 Å². The van der Waals surface area contributed by atoms with Crippen LogP contribution in [0.4, 0.5) is 8.78 Å². The van der Waals surface area contributed by atoms with E-state index in [0.717, 1.165) is 37.7 Å². The predicted molar refractivity (Wildman–Crippen MR) is 116 cm³/mol. The van der Waals surface area contributed by atoms with Crippen molar-refractivity contribution in [1.29, 1.82) is 0 Å². The van der Waals surface area contributed by atoms with E-state index in [0.29, 0.717) is 30.3 Å². The van der Waals surface area contributed by atoms with Crippen LogP contribution in [0.2, 0.25) is 0 Å². The van der Waals surface area contributed by atoms with Crippen LogP contribution in [-0.4, -0.2) is 28.8 Å². The number of hydrogen-bond donors (Lipinski definition) is 2. The SMILES string of the molecule is C=C1C(O)CC(=C/C=C2\CCCC3(C)[C@@H]([C@H](C)CC(F)F)CC[C@@H]23)C[C@H]1O.CC. The molecule has 0 aromatic rings. The second-order valence-corrected chi connectivity index (χ2v) is 9.28. The Kier molecular flexibility index (Phi) is 8.66. The molecule has 0 aromatic heterocycles. The highest BCUT2D eigenvalue weighted by Crippen LogP contribution is 2.59. The van der Waals surface area contributed by atoms with Gasteiger partial charge in [-0.2, -0.15) is 0 Å². The lowest BCUT2D eigenvalue weighted by Gasteiger charge is -2.44. The lowest BCUT2D eigenvalue weighted by atomic mass is 9.61. The smallest absolute Gasteiger partial charge is 0.238 e. The van der Waals surface area contributed by atoms with E-state index in [1.165, 1.54) is 5.57 Å². The Morgan fingerprint density at radius 1 is 1.14 bits per heavy atom. The van der Waals surface area contributed by atoms with Crippen molar-refractivity contribution in [3.05, 3.63) is 35.5 Å². The molecule has 166 valence electrons. The summed E-state index contributed by atoms with van der Waals surface area (Å²) in [5.41, 5.74) is 3.12. The summed E-state index contributed by atoms with van der Waals surface area (Å²) in [4.78, 5) is 0. The third-order valence-electron chi connectivity index (χ3n) is 7.57. The van der Waals surface area contributed by atoms with Crippen LogP contribution in [0.5, 0.6) is 0 Å². The highest BCUT2D eigenvalue weighted by atomic mass is 19.3. The Morgan fingerprint density at radius 3 is 2.34 bits per heavy atom. The molecule has 2 N–H and O–H groups in total. The summed E-state index contributed by atoms with van der Waals surface area (Å²) in [6.07, 6.45) is 7.25. The highest BCUT2D eigenvalue weighted by Gasteiger charge is 2.50. The summed E-state index contributed by atoms with van der Waals surface area (Å²) in [6.45, 7) is 12.1. The number of alkyl halides is 2. The monoisotopic (exact) mass is 410 g/mol. The molecule has 0 radical (unpaired) electrons. The summed E-state index contributed by atoms with van der Waals surface area (Å²) in [5, 5.41) is 20.1. The van der Waals surface area contributed by atoms with Crippen LogP contribution < -0.4 is 0 Å². The summed E-state index contributed by atoms with van der Waals surface area (Å²) in [5.74, 6) is 0.906. The molecule has 0 heterocycles. The summed E-state index contributed by atoms with van der Waals surface area (Å²) >= 11 is 0. The average molecular weight is 411 g/mol. The van der Waals surface area contributed by atoms with Crippen molar-refractivity contribution < 1.29 is 19.0 Å². The fourth-order valence-corrected chi connectivity index (χ4v) is 6.08. The van der Waals surface area contributed by atoms with Gasteiger partial charge in [-0.3, -0.25) is 0 Å². The van der Waals surface area contributed by atoms with E-state index in [2.05, 4.69) is 25.7 Å². The minimum Gasteiger partial charge on any atom is -0.388 e. The summed E-state index contributed by atoms with van der Waals surface area (Å²) in [6, 6.07) is 0. The molecule has 3 saturated carbocycles. The van der Waals surface area contributed by atoms with Crippen LogP contribution in [0, 0.1) is 23.2 Å². The number of hydrogen-bond acceptors (Lipinski definition) is 2. The van der Waals surface area contributed by atoms with Crippen molar-refractivity contribution in [1.82, 2.24) is 0 Å². The summed E-state index contributed by atoms with van der Waals surface area (Å²) in [7, 11) is 0.